The number of ether oxygens (including phenoxy) is 2. The lowest BCUT2D eigenvalue weighted by molar-refractivity contribution is -0.142. The van der Waals surface area contributed by atoms with Crippen molar-refractivity contribution in [3.05, 3.63) is 23.9 Å². The predicted molar refractivity (Wildman–Crippen MR) is 58.2 cm³/mol. The molecule has 1 N–H and O–H groups in total. The average molecular weight is 222 g/mol. The molecular formula is C11H14N2O3. The highest BCUT2D eigenvalue weighted by Gasteiger charge is 2.22. The van der Waals surface area contributed by atoms with Gasteiger partial charge in [-0.2, -0.15) is 0 Å². The summed E-state index contributed by atoms with van der Waals surface area (Å²) in [5, 5.41) is 2.68. The maximum atomic E-state index is 11.7. The molecule has 2 heterocycles. The molecule has 1 fully saturated rings. The Bertz CT molecular complexity index is 358. The van der Waals surface area contributed by atoms with Crippen molar-refractivity contribution < 1.29 is 14.3 Å². The minimum atomic E-state index is -0.531. The lowest BCUT2D eigenvalue weighted by atomic mass is 10.3. The van der Waals surface area contributed by atoms with Gasteiger partial charge >= 0.3 is 0 Å². The second kappa shape index (κ2) is 5.05. The van der Waals surface area contributed by atoms with Crippen LogP contribution in [-0.4, -0.2) is 36.8 Å². The number of carbonyl (C=O) groups excluding carboxylic acids is 1. The third-order valence-electron chi connectivity index (χ3n) is 2.27. The number of nitrogens with one attached hydrogen (secondary N) is 1. The number of aryl methyl sites for hydroxylation is 1. The number of pyridine rings is 1. The predicted octanol–water partition coefficient (Wildman–Crippen LogP) is 0.744. The lowest BCUT2D eigenvalue weighted by Gasteiger charge is -2.21. The van der Waals surface area contributed by atoms with Crippen molar-refractivity contribution in [2.45, 2.75) is 13.0 Å². The van der Waals surface area contributed by atoms with Gasteiger partial charge in [-0.3, -0.25) is 4.79 Å². The molecule has 5 heteroatoms. The van der Waals surface area contributed by atoms with Crippen molar-refractivity contribution in [2.24, 2.45) is 0 Å². The van der Waals surface area contributed by atoms with Crippen molar-refractivity contribution in [3.8, 4) is 0 Å². The maximum Gasteiger partial charge on any atom is 0.257 e. The van der Waals surface area contributed by atoms with E-state index in [9.17, 15) is 4.79 Å². The van der Waals surface area contributed by atoms with Gasteiger partial charge in [0.15, 0.2) is 6.10 Å². The molecule has 1 amide bonds. The summed E-state index contributed by atoms with van der Waals surface area (Å²) in [5.41, 5.74) is 1.05. The number of carbonyl (C=O) groups is 1. The van der Waals surface area contributed by atoms with E-state index >= 15 is 0 Å². The van der Waals surface area contributed by atoms with E-state index in [1.54, 1.807) is 12.3 Å². The van der Waals surface area contributed by atoms with Crippen molar-refractivity contribution in [1.29, 1.82) is 0 Å². The monoisotopic (exact) mass is 222 g/mol. The number of nitrogens with zero attached hydrogens (tertiary/aromatic N) is 1. The van der Waals surface area contributed by atoms with Crippen LogP contribution in [-0.2, 0) is 14.3 Å². The highest BCUT2D eigenvalue weighted by molar-refractivity contribution is 5.93. The standard InChI is InChI=1S/C11H14N2O3/c1-8-2-3-10(12-6-8)13-11(14)9-7-15-4-5-16-9/h2-3,6,9H,4-5,7H2,1H3,(H,12,13,14). The molecule has 1 aromatic rings. The molecule has 86 valence electrons. The summed E-state index contributed by atoms with van der Waals surface area (Å²) in [4.78, 5) is 15.8. The summed E-state index contributed by atoms with van der Waals surface area (Å²) in [5.74, 6) is 0.320. The Morgan fingerprint density at radius 3 is 3.00 bits per heavy atom. The van der Waals surface area contributed by atoms with Gasteiger partial charge in [0.05, 0.1) is 19.8 Å². The van der Waals surface area contributed by atoms with Crippen LogP contribution in [0.5, 0.6) is 0 Å². The minimum absolute atomic E-state index is 0.212. The van der Waals surface area contributed by atoms with E-state index in [0.717, 1.165) is 5.56 Å². The van der Waals surface area contributed by atoms with E-state index < -0.39 is 6.10 Å². The fourth-order valence-electron chi connectivity index (χ4n) is 1.39. The molecule has 16 heavy (non-hydrogen) atoms. The normalized spacial score (nSPS) is 20.4. The van der Waals surface area contributed by atoms with Crippen molar-refractivity contribution in [3.63, 3.8) is 0 Å². The Morgan fingerprint density at radius 1 is 1.50 bits per heavy atom. The number of rotatable bonds is 2. The van der Waals surface area contributed by atoms with Crippen molar-refractivity contribution >= 4 is 11.7 Å². The molecule has 1 aliphatic heterocycles. The Kier molecular flexibility index (Phi) is 3.48. The average Bonchev–Trinajstić information content (AvgIpc) is 2.33. The Labute approximate surface area is 93.8 Å². The summed E-state index contributed by atoms with van der Waals surface area (Å²) in [6.07, 6.45) is 1.17. The summed E-state index contributed by atoms with van der Waals surface area (Å²) < 4.78 is 10.4. The van der Waals surface area contributed by atoms with Gasteiger partial charge in [0.1, 0.15) is 5.82 Å². The van der Waals surface area contributed by atoms with Gasteiger partial charge in [0, 0.05) is 6.20 Å². The minimum Gasteiger partial charge on any atom is -0.376 e. The van der Waals surface area contributed by atoms with Crippen LogP contribution in [0, 0.1) is 6.92 Å². The molecular weight excluding hydrogens is 208 g/mol. The number of hydrogen-bond donors (Lipinski definition) is 1. The topological polar surface area (TPSA) is 60.5 Å². The third-order valence-corrected chi connectivity index (χ3v) is 2.27. The fraction of sp³-hybridized carbons (Fsp3) is 0.455. The van der Waals surface area contributed by atoms with Crippen LogP contribution in [0.15, 0.2) is 18.3 Å². The number of amides is 1. The maximum absolute atomic E-state index is 11.7. The summed E-state index contributed by atoms with van der Waals surface area (Å²) >= 11 is 0. The number of aromatic nitrogens is 1. The molecule has 0 bridgehead atoms. The van der Waals surface area contributed by atoms with E-state index in [-0.39, 0.29) is 5.91 Å². The van der Waals surface area contributed by atoms with Gasteiger partial charge < -0.3 is 14.8 Å². The SMILES string of the molecule is Cc1ccc(NC(=O)C2COCCO2)nc1. The molecule has 1 saturated heterocycles. The van der Waals surface area contributed by atoms with E-state index in [4.69, 9.17) is 9.47 Å². The van der Waals surface area contributed by atoms with Gasteiger partial charge in [0.2, 0.25) is 0 Å². The molecule has 1 aliphatic rings. The summed E-state index contributed by atoms with van der Waals surface area (Å²) in [7, 11) is 0. The van der Waals surface area contributed by atoms with Crippen LogP contribution in [0.2, 0.25) is 0 Å². The van der Waals surface area contributed by atoms with E-state index in [0.29, 0.717) is 25.6 Å². The molecule has 0 saturated carbocycles. The second-order valence-corrected chi connectivity index (χ2v) is 3.64. The van der Waals surface area contributed by atoms with Crippen LogP contribution in [0.3, 0.4) is 0 Å². The summed E-state index contributed by atoms with van der Waals surface area (Å²) in [6, 6.07) is 3.65. The van der Waals surface area contributed by atoms with Crippen LogP contribution in [0.1, 0.15) is 5.56 Å². The first-order chi connectivity index (χ1) is 7.75. The first-order valence-corrected chi connectivity index (χ1v) is 5.18. The van der Waals surface area contributed by atoms with Crippen LogP contribution >= 0.6 is 0 Å². The molecule has 1 aromatic heterocycles. The van der Waals surface area contributed by atoms with Crippen LogP contribution in [0.25, 0.3) is 0 Å². The van der Waals surface area contributed by atoms with Gasteiger partial charge in [-0.25, -0.2) is 4.98 Å². The van der Waals surface area contributed by atoms with Gasteiger partial charge in [-0.15, -0.1) is 0 Å². The zero-order valence-corrected chi connectivity index (χ0v) is 9.10. The quantitative estimate of drug-likeness (QED) is 0.802. The molecule has 0 aliphatic carbocycles. The van der Waals surface area contributed by atoms with E-state index in [2.05, 4.69) is 10.3 Å². The molecule has 0 aromatic carbocycles. The molecule has 5 nitrogen and oxygen atoms in total. The fourth-order valence-corrected chi connectivity index (χ4v) is 1.39. The van der Waals surface area contributed by atoms with Crippen molar-refractivity contribution in [2.75, 3.05) is 25.1 Å². The Morgan fingerprint density at radius 2 is 2.38 bits per heavy atom. The third kappa shape index (κ3) is 2.77. The Hall–Kier alpha value is -1.46. The van der Waals surface area contributed by atoms with Crippen molar-refractivity contribution in [1.82, 2.24) is 4.98 Å². The first kappa shape index (κ1) is 11.0. The van der Waals surface area contributed by atoms with Gasteiger partial charge in [-0.1, -0.05) is 6.07 Å². The summed E-state index contributed by atoms with van der Waals surface area (Å²) in [6.45, 7) is 3.25. The molecule has 1 unspecified atom stereocenters. The number of anilines is 1. The first-order valence-electron chi connectivity index (χ1n) is 5.18. The highest BCUT2D eigenvalue weighted by Crippen LogP contribution is 2.07. The van der Waals surface area contributed by atoms with E-state index in [1.165, 1.54) is 0 Å². The van der Waals surface area contributed by atoms with Gasteiger partial charge in [-0.05, 0) is 18.6 Å². The lowest BCUT2D eigenvalue weighted by Crippen LogP contribution is -2.39. The van der Waals surface area contributed by atoms with E-state index in [1.807, 2.05) is 13.0 Å². The largest absolute Gasteiger partial charge is 0.376 e. The molecule has 2 rings (SSSR count). The zero-order valence-electron chi connectivity index (χ0n) is 9.10. The van der Waals surface area contributed by atoms with Crippen LogP contribution in [0.4, 0.5) is 5.82 Å². The Balaban J connectivity index is 1.93. The molecule has 0 spiro atoms. The van der Waals surface area contributed by atoms with Gasteiger partial charge in [0.25, 0.3) is 5.91 Å². The highest BCUT2D eigenvalue weighted by atomic mass is 16.6. The molecule has 1 atom stereocenters. The molecule has 0 radical (unpaired) electrons. The van der Waals surface area contributed by atoms with Crippen LogP contribution < -0.4 is 5.32 Å². The second-order valence-electron chi connectivity index (χ2n) is 3.64. The zero-order chi connectivity index (χ0) is 11.4. The smallest absolute Gasteiger partial charge is 0.257 e. The number of hydrogen-bond acceptors (Lipinski definition) is 4.